The second-order valence-corrected chi connectivity index (χ2v) is 4.56. The third kappa shape index (κ3) is 3.10. The maximum Gasteiger partial charge on any atom is 0.190 e. The molecule has 0 aromatic carbocycles. The molecule has 0 saturated heterocycles. The maximum atomic E-state index is 5.91. The van der Waals surface area contributed by atoms with Crippen LogP contribution in [0.4, 0.5) is 5.82 Å². The smallest absolute Gasteiger partial charge is 0.190 e. The maximum absolute atomic E-state index is 5.91. The summed E-state index contributed by atoms with van der Waals surface area (Å²) in [4.78, 5) is 15.6. The van der Waals surface area contributed by atoms with Gasteiger partial charge in [-0.25, -0.2) is 15.0 Å². The Bertz CT molecular complexity index is 487. The second-order valence-electron chi connectivity index (χ2n) is 3.40. The Kier molecular flexibility index (Phi) is 3.86. The summed E-state index contributed by atoms with van der Waals surface area (Å²) in [5.41, 5.74) is 0. The van der Waals surface area contributed by atoms with Crippen molar-refractivity contribution in [2.75, 3.05) is 11.6 Å². The van der Waals surface area contributed by atoms with Crippen molar-refractivity contribution < 1.29 is 0 Å². The topological polar surface area (TPSA) is 66.5 Å². The molecule has 0 aliphatic rings. The van der Waals surface area contributed by atoms with E-state index in [0.717, 1.165) is 5.82 Å². The van der Waals surface area contributed by atoms with E-state index >= 15 is 0 Å². The molecule has 2 heterocycles. The molecular weight excluding hydrogens is 258 g/mol. The molecule has 0 bridgehead atoms. The van der Waals surface area contributed by atoms with E-state index in [-0.39, 0.29) is 6.04 Å². The van der Waals surface area contributed by atoms with Gasteiger partial charge in [0.1, 0.15) is 16.8 Å². The largest absolute Gasteiger partial charge is 0.360 e. The van der Waals surface area contributed by atoms with Crippen molar-refractivity contribution in [1.29, 1.82) is 0 Å². The molecule has 2 rings (SSSR count). The molecule has 90 valence electrons. The number of imidazole rings is 1. The molecule has 0 aliphatic heterocycles. The van der Waals surface area contributed by atoms with Crippen LogP contribution in [0.15, 0.2) is 23.6 Å². The molecule has 0 radical (unpaired) electrons. The molecule has 0 spiro atoms. The van der Waals surface area contributed by atoms with Gasteiger partial charge in [-0.05, 0) is 13.2 Å². The van der Waals surface area contributed by atoms with Crippen LogP contribution in [0.2, 0.25) is 5.15 Å². The molecule has 2 N–H and O–H groups in total. The van der Waals surface area contributed by atoms with Gasteiger partial charge < -0.3 is 10.3 Å². The normalized spacial score (nSPS) is 12.4. The van der Waals surface area contributed by atoms with Crippen molar-refractivity contribution in [3.05, 3.63) is 29.4 Å². The van der Waals surface area contributed by atoms with Gasteiger partial charge in [-0.15, -0.1) is 0 Å². The first-order valence-corrected chi connectivity index (χ1v) is 6.63. The Morgan fingerprint density at radius 1 is 1.47 bits per heavy atom. The number of nitrogens with one attached hydrogen (secondary N) is 2. The minimum absolute atomic E-state index is 0.0330. The highest BCUT2D eigenvalue weighted by Crippen LogP contribution is 2.20. The summed E-state index contributed by atoms with van der Waals surface area (Å²) >= 11 is 7.36. The summed E-state index contributed by atoms with van der Waals surface area (Å²) in [6, 6.07) is 1.73. The van der Waals surface area contributed by atoms with Crippen LogP contribution in [0.25, 0.3) is 0 Å². The number of thioether (sulfide) groups is 1. The van der Waals surface area contributed by atoms with Crippen LogP contribution in [0.1, 0.15) is 18.8 Å². The predicted molar refractivity (Wildman–Crippen MR) is 69.4 cm³/mol. The van der Waals surface area contributed by atoms with Crippen LogP contribution in [0.5, 0.6) is 0 Å². The lowest BCUT2D eigenvalue weighted by Crippen LogP contribution is -2.10. The fraction of sp³-hybridized carbons (Fsp3) is 0.300. The molecule has 2 aromatic heterocycles. The van der Waals surface area contributed by atoms with Crippen molar-refractivity contribution in [3.63, 3.8) is 0 Å². The number of H-pyrrole nitrogens is 1. The fourth-order valence-corrected chi connectivity index (χ4v) is 1.98. The summed E-state index contributed by atoms with van der Waals surface area (Å²) in [6.45, 7) is 1.99. The van der Waals surface area contributed by atoms with Crippen LogP contribution >= 0.6 is 23.4 Å². The zero-order valence-corrected chi connectivity index (χ0v) is 11.0. The quantitative estimate of drug-likeness (QED) is 0.508. The number of aromatic nitrogens is 4. The standard InChI is InChI=1S/C10H12ClN5S/c1-6(9-12-3-4-13-9)14-8-5-7(11)15-10(16-8)17-2/h3-6H,1-2H3,(H,12,13)(H,14,15,16). The van der Waals surface area contributed by atoms with E-state index in [1.54, 1.807) is 18.5 Å². The van der Waals surface area contributed by atoms with Crippen LogP contribution in [-0.2, 0) is 0 Å². The molecule has 0 amide bonds. The number of hydrogen-bond acceptors (Lipinski definition) is 5. The van der Waals surface area contributed by atoms with Crippen LogP contribution < -0.4 is 5.32 Å². The molecular formula is C10H12ClN5S. The average molecular weight is 270 g/mol. The zero-order valence-electron chi connectivity index (χ0n) is 9.44. The Morgan fingerprint density at radius 3 is 2.94 bits per heavy atom. The summed E-state index contributed by atoms with van der Waals surface area (Å²) in [5.74, 6) is 1.55. The third-order valence-corrected chi connectivity index (χ3v) is 2.89. The van der Waals surface area contributed by atoms with Gasteiger partial charge in [-0.2, -0.15) is 0 Å². The molecule has 2 aromatic rings. The van der Waals surface area contributed by atoms with Gasteiger partial charge in [0.25, 0.3) is 0 Å². The summed E-state index contributed by atoms with van der Waals surface area (Å²) in [6.07, 6.45) is 5.41. The molecule has 1 unspecified atom stereocenters. The van der Waals surface area contributed by atoms with E-state index in [1.165, 1.54) is 11.8 Å². The van der Waals surface area contributed by atoms with E-state index < -0.39 is 0 Å². The Hall–Kier alpha value is -1.27. The lowest BCUT2D eigenvalue weighted by Gasteiger charge is -2.12. The number of hydrogen-bond donors (Lipinski definition) is 2. The summed E-state index contributed by atoms with van der Waals surface area (Å²) in [5, 5.41) is 4.29. The minimum Gasteiger partial charge on any atom is -0.360 e. The first-order valence-electron chi connectivity index (χ1n) is 5.03. The monoisotopic (exact) mass is 269 g/mol. The van der Waals surface area contributed by atoms with Crippen molar-refractivity contribution in [2.24, 2.45) is 0 Å². The average Bonchev–Trinajstić information content (AvgIpc) is 2.81. The molecule has 5 nitrogen and oxygen atoms in total. The first kappa shape index (κ1) is 12.2. The number of nitrogens with zero attached hydrogens (tertiary/aromatic N) is 3. The van der Waals surface area contributed by atoms with Gasteiger partial charge in [-0.3, -0.25) is 0 Å². The highest BCUT2D eigenvalue weighted by molar-refractivity contribution is 7.98. The van der Waals surface area contributed by atoms with E-state index in [2.05, 4.69) is 25.3 Å². The summed E-state index contributed by atoms with van der Waals surface area (Å²) in [7, 11) is 0. The lowest BCUT2D eigenvalue weighted by molar-refractivity contribution is 0.796. The molecule has 0 aliphatic carbocycles. The molecule has 0 saturated carbocycles. The molecule has 1 atom stereocenters. The van der Waals surface area contributed by atoms with Crippen molar-refractivity contribution in [3.8, 4) is 0 Å². The van der Waals surface area contributed by atoms with Crippen molar-refractivity contribution in [1.82, 2.24) is 19.9 Å². The van der Waals surface area contributed by atoms with E-state index in [4.69, 9.17) is 11.6 Å². The number of halogens is 1. The van der Waals surface area contributed by atoms with Gasteiger partial charge in [0, 0.05) is 18.5 Å². The Morgan fingerprint density at radius 2 is 2.29 bits per heavy atom. The summed E-state index contributed by atoms with van der Waals surface area (Å²) < 4.78 is 0. The highest BCUT2D eigenvalue weighted by Gasteiger charge is 2.09. The molecule has 17 heavy (non-hydrogen) atoms. The Labute approximate surface area is 108 Å². The second kappa shape index (κ2) is 5.37. The van der Waals surface area contributed by atoms with Gasteiger partial charge >= 0.3 is 0 Å². The van der Waals surface area contributed by atoms with Gasteiger partial charge in [0.2, 0.25) is 0 Å². The lowest BCUT2D eigenvalue weighted by atomic mass is 10.3. The number of aromatic amines is 1. The number of rotatable bonds is 4. The van der Waals surface area contributed by atoms with E-state index in [0.29, 0.717) is 16.1 Å². The van der Waals surface area contributed by atoms with E-state index in [9.17, 15) is 0 Å². The zero-order chi connectivity index (χ0) is 12.3. The highest BCUT2D eigenvalue weighted by atomic mass is 35.5. The van der Waals surface area contributed by atoms with E-state index in [1.807, 2.05) is 13.2 Å². The molecule has 7 heteroatoms. The fourth-order valence-electron chi connectivity index (χ4n) is 1.37. The molecule has 0 fully saturated rings. The Balaban J connectivity index is 2.15. The minimum atomic E-state index is 0.0330. The van der Waals surface area contributed by atoms with Crippen molar-refractivity contribution in [2.45, 2.75) is 18.1 Å². The van der Waals surface area contributed by atoms with Crippen LogP contribution in [0, 0.1) is 0 Å². The van der Waals surface area contributed by atoms with Crippen LogP contribution in [-0.4, -0.2) is 26.2 Å². The van der Waals surface area contributed by atoms with Crippen molar-refractivity contribution >= 4 is 29.2 Å². The third-order valence-electron chi connectivity index (χ3n) is 2.15. The van der Waals surface area contributed by atoms with Gasteiger partial charge in [0.15, 0.2) is 5.16 Å². The van der Waals surface area contributed by atoms with Gasteiger partial charge in [0.05, 0.1) is 6.04 Å². The number of anilines is 1. The first-order chi connectivity index (χ1) is 8.19. The predicted octanol–water partition coefficient (Wildman–Crippen LogP) is 2.75. The van der Waals surface area contributed by atoms with Crippen LogP contribution in [0.3, 0.4) is 0 Å². The van der Waals surface area contributed by atoms with Gasteiger partial charge in [-0.1, -0.05) is 23.4 Å². The SMILES string of the molecule is CSc1nc(Cl)cc(NC(C)c2ncc[nH]2)n1.